The van der Waals surface area contributed by atoms with Crippen molar-refractivity contribution < 1.29 is 28.5 Å². The molecule has 3 aromatic rings. The van der Waals surface area contributed by atoms with Gasteiger partial charge in [0.2, 0.25) is 11.4 Å². The monoisotopic (exact) mass is 525 g/mol. The van der Waals surface area contributed by atoms with E-state index in [0.717, 1.165) is 6.54 Å². The topological polar surface area (TPSA) is 10.4 Å². The first-order chi connectivity index (χ1) is 14.5. The summed E-state index contributed by atoms with van der Waals surface area (Å²) in [6.45, 7) is 3.10. The van der Waals surface area contributed by atoms with Gasteiger partial charge in [-0.25, -0.2) is 0 Å². The number of anilines is 2. The molecule has 0 radical (unpaired) electrons. The number of rotatable bonds is 7. The van der Waals surface area contributed by atoms with Gasteiger partial charge in [0.25, 0.3) is 0 Å². The first-order valence-electron chi connectivity index (χ1n) is 10.4. The van der Waals surface area contributed by atoms with Crippen LogP contribution in [0.25, 0.3) is 24.3 Å². The van der Waals surface area contributed by atoms with Crippen LogP contribution >= 0.6 is 0 Å². The van der Waals surface area contributed by atoms with Gasteiger partial charge in [-0.05, 0) is 60.5 Å². The SMILES string of the molecule is CC[n+]1c(/C=C/c2ccc(N(C)C)cc2)cccc1/C=C/c1ccc(N(C)C)cc1.[I-]. The lowest BCUT2D eigenvalue weighted by Gasteiger charge is -2.11. The highest BCUT2D eigenvalue weighted by Gasteiger charge is 2.10. The van der Waals surface area contributed by atoms with Gasteiger partial charge in [-0.2, -0.15) is 4.57 Å². The van der Waals surface area contributed by atoms with Crippen molar-refractivity contribution in [1.82, 2.24) is 0 Å². The fourth-order valence-electron chi connectivity index (χ4n) is 3.36. The van der Waals surface area contributed by atoms with Crippen LogP contribution in [-0.4, -0.2) is 28.2 Å². The number of halogens is 1. The third kappa shape index (κ3) is 6.69. The highest BCUT2D eigenvalue weighted by Crippen LogP contribution is 2.16. The molecule has 0 saturated heterocycles. The lowest BCUT2D eigenvalue weighted by molar-refractivity contribution is -0.696. The maximum absolute atomic E-state index is 2.33. The summed E-state index contributed by atoms with van der Waals surface area (Å²) < 4.78 is 2.33. The van der Waals surface area contributed by atoms with Crippen molar-refractivity contribution in [3.63, 3.8) is 0 Å². The molecular formula is C27H32IN3. The molecular weight excluding hydrogens is 493 g/mol. The highest BCUT2D eigenvalue weighted by atomic mass is 127. The second kappa shape index (κ2) is 11.7. The summed E-state index contributed by atoms with van der Waals surface area (Å²) in [6.07, 6.45) is 8.73. The predicted octanol–water partition coefficient (Wildman–Crippen LogP) is 2.47. The van der Waals surface area contributed by atoms with E-state index in [2.05, 4.69) is 141 Å². The second-order valence-electron chi connectivity index (χ2n) is 7.76. The molecule has 1 heterocycles. The van der Waals surface area contributed by atoms with E-state index >= 15 is 0 Å². The van der Waals surface area contributed by atoms with Gasteiger partial charge in [0.05, 0.1) is 0 Å². The largest absolute Gasteiger partial charge is 1.00 e. The molecule has 2 aromatic carbocycles. The Labute approximate surface area is 204 Å². The minimum Gasteiger partial charge on any atom is -1.00 e. The van der Waals surface area contributed by atoms with Crippen molar-refractivity contribution in [2.45, 2.75) is 13.5 Å². The average molecular weight is 525 g/mol. The zero-order valence-corrected chi connectivity index (χ0v) is 21.2. The number of aromatic nitrogens is 1. The Hall–Kier alpha value is -2.60. The van der Waals surface area contributed by atoms with E-state index in [1.165, 1.54) is 33.9 Å². The van der Waals surface area contributed by atoms with Crippen LogP contribution in [0.3, 0.4) is 0 Å². The zero-order valence-electron chi connectivity index (χ0n) is 19.1. The van der Waals surface area contributed by atoms with Crippen LogP contribution in [0.5, 0.6) is 0 Å². The Bertz CT molecular complexity index is 938. The first-order valence-corrected chi connectivity index (χ1v) is 10.4. The molecule has 0 unspecified atom stereocenters. The van der Waals surface area contributed by atoms with Gasteiger partial charge in [0.1, 0.15) is 6.54 Å². The summed E-state index contributed by atoms with van der Waals surface area (Å²) in [5.74, 6) is 0. The fourth-order valence-corrected chi connectivity index (χ4v) is 3.36. The molecule has 3 rings (SSSR count). The molecule has 0 aliphatic carbocycles. The van der Waals surface area contributed by atoms with E-state index in [-0.39, 0.29) is 24.0 Å². The summed E-state index contributed by atoms with van der Waals surface area (Å²) in [6, 6.07) is 23.7. The zero-order chi connectivity index (χ0) is 21.5. The fraction of sp³-hybridized carbons (Fsp3) is 0.222. The Morgan fingerprint density at radius 1 is 0.613 bits per heavy atom. The van der Waals surface area contributed by atoms with Crippen molar-refractivity contribution in [2.75, 3.05) is 38.0 Å². The molecule has 0 aliphatic heterocycles. The van der Waals surface area contributed by atoms with E-state index in [1.807, 2.05) is 0 Å². The van der Waals surface area contributed by atoms with Gasteiger partial charge in [-0.15, -0.1) is 0 Å². The Morgan fingerprint density at radius 2 is 1.00 bits per heavy atom. The van der Waals surface area contributed by atoms with Crippen molar-refractivity contribution >= 4 is 35.7 Å². The molecule has 0 fully saturated rings. The molecule has 3 nitrogen and oxygen atoms in total. The van der Waals surface area contributed by atoms with Gasteiger partial charge >= 0.3 is 0 Å². The van der Waals surface area contributed by atoms with Crippen LogP contribution in [0.1, 0.15) is 29.4 Å². The summed E-state index contributed by atoms with van der Waals surface area (Å²) in [7, 11) is 8.24. The molecule has 0 bridgehead atoms. The minimum atomic E-state index is 0. The lowest BCUT2D eigenvalue weighted by Crippen LogP contribution is -3.00. The Kier molecular flexibility index (Phi) is 9.31. The molecule has 0 N–H and O–H groups in total. The Balaban J connectivity index is 0.00000341. The summed E-state index contributed by atoms with van der Waals surface area (Å²) >= 11 is 0. The molecule has 0 saturated carbocycles. The molecule has 1 aromatic heterocycles. The van der Waals surface area contributed by atoms with Crippen LogP contribution in [-0.2, 0) is 6.54 Å². The highest BCUT2D eigenvalue weighted by molar-refractivity contribution is 5.70. The molecule has 0 amide bonds. The van der Waals surface area contributed by atoms with E-state index in [4.69, 9.17) is 0 Å². The van der Waals surface area contributed by atoms with Crippen LogP contribution in [0.15, 0.2) is 66.7 Å². The predicted molar refractivity (Wildman–Crippen MR) is 132 cm³/mol. The van der Waals surface area contributed by atoms with Crippen molar-refractivity contribution in [1.29, 1.82) is 0 Å². The summed E-state index contributed by atoms with van der Waals surface area (Å²) in [4.78, 5) is 4.23. The molecule has 0 spiro atoms. The maximum Gasteiger partial charge on any atom is 0.205 e. The molecule has 0 atom stereocenters. The maximum atomic E-state index is 2.33. The first kappa shape index (κ1) is 24.7. The van der Waals surface area contributed by atoms with E-state index in [0.29, 0.717) is 0 Å². The summed E-state index contributed by atoms with van der Waals surface area (Å²) in [5, 5.41) is 0. The number of hydrogen-bond acceptors (Lipinski definition) is 2. The third-order valence-corrected chi connectivity index (χ3v) is 5.19. The number of hydrogen-bond donors (Lipinski definition) is 0. The van der Waals surface area contributed by atoms with Crippen LogP contribution in [0.4, 0.5) is 11.4 Å². The number of benzene rings is 2. The van der Waals surface area contributed by atoms with Crippen LogP contribution in [0.2, 0.25) is 0 Å². The normalized spacial score (nSPS) is 11.0. The molecule has 0 aliphatic rings. The summed E-state index contributed by atoms with van der Waals surface area (Å²) in [5.41, 5.74) is 7.21. The van der Waals surface area contributed by atoms with Crippen LogP contribution in [0, 0.1) is 0 Å². The quantitative estimate of drug-likeness (QED) is 0.347. The minimum absolute atomic E-state index is 0. The van der Waals surface area contributed by atoms with Gasteiger partial charge in [-0.3, -0.25) is 0 Å². The third-order valence-electron chi connectivity index (χ3n) is 5.19. The Morgan fingerprint density at radius 3 is 1.32 bits per heavy atom. The van der Waals surface area contributed by atoms with Gasteiger partial charge < -0.3 is 33.8 Å². The van der Waals surface area contributed by atoms with Crippen molar-refractivity contribution in [3.8, 4) is 0 Å². The van der Waals surface area contributed by atoms with E-state index in [9.17, 15) is 0 Å². The molecule has 4 heteroatoms. The van der Waals surface area contributed by atoms with Gasteiger partial charge in [0.15, 0.2) is 0 Å². The van der Waals surface area contributed by atoms with Crippen LogP contribution < -0.4 is 38.3 Å². The smallest absolute Gasteiger partial charge is 0.205 e. The number of nitrogens with zero attached hydrogens (tertiary/aromatic N) is 3. The van der Waals surface area contributed by atoms with Gasteiger partial charge in [-0.1, -0.05) is 24.3 Å². The average Bonchev–Trinajstić information content (AvgIpc) is 2.76. The van der Waals surface area contributed by atoms with E-state index in [1.54, 1.807) is 0 Å². The number of pyridine rings is 1. The van der Waals surface area contributed by atoms with E-state index < -0.39 is 0 Å². The molecule has 162 valence electrons. The van der Waals surface area contributed by atoms with Crippen molar-refractivity contribution in [3.05, 3.63) is 89.2 Å². The second-order valence-corrected chi connectivity index (χ2v) is 7.76. The van der Waals surface area contributed by atoms with Gasteiger partial charge in [0, 0.05) is 63.9 Å². The lowest BCUT2D eigenvalue weighted by atomic mass is 10.1. The van der Waals surface area contributed by atoms with Crippen molar-refractivity contribution in [2.24, 2.45) is 0 Å². The standard InChI is InChI=1S/C27H32N3.HI/c1-6-30-26(20-14-22-10-16-24(17-11-22)28(2)3)8-7-9-27(30)21-15-23-12-18-25(19-13-23)29(4)5;/h7-21H,6H2,1-5H3;1H/q+1;/p-1. The molecule has 31 heavy (non-hydrogen) atoms.